The van der Waals surface area contributed by atoms with E-state index in [1.807, 2.05) is 24.5 Å². The number of H-pyrrole nitrogens is 1. The molecule has 1 fully saturated rings. The summed E-state index contributed by atoms with van der Waals surface area (Å²) in [5, 5.41) is 26.7. The van der Waals surface area contributed by atoms with Gasteiger partial charge in [-0.2, -0.15) is 10.4 Å². The minimum Gasteiger partial charge on any atom is -0.494 e. The van der Waals surface area contributed by atoms with Crippen LogP contribution in [0.1, 0.15) is 50.3 Å². The highest BCUT2D eigenvalue weighted by Crippen LogP contribution is 2.51. The highest BCUT2D eigenvalue weighted by atomic mass is 19.1. The van der Waals surface area contributed by atoms with Gasteiger partial charge in [0.1, 0.15) is 5.52 Å². The van der Waals surface area contributed by atoms with E-state index in [4.69, 9.17) is 4.74 Å². The number of aromatic nitrogens is 3. The second-order valence-corrected chi connectivity index (χ2v) is 9.76. The van der Waals surface area contributed by atoms with E-state index >= 15 is 4.39 Å². The number of aliphatic carboxylic acids is 1. The predicted octanol–water partition coefficient (Wildman–Crippen LogP) is 5.56. The van der Waals surface area contributed by atoms with E-state index in [1.54, 1.807) is 12.1 Å². The van der Waals surface area contributed by atoms with Crippen LogP contribution in [-0.4, -0.2) is 33.0 Å². The lowest BCUT2D eigenvalue weighted by Crippen LogP contribution is -2.31. The number of aromatic amines is 1. The van der Waals surface area contributed by atoms with Crippen molar-refractivity contribution in [2.24, 2.45) is 5.92 Å². The molecule has 180 valence electrons. The fourth-order valence-corrected chi connectivity index (χ4v) is 5.29. The van der Waals surface area contributed by atoms with Crippen LogP contribution in [0.5, 0.6) is 5.75 Å². The Bertz CT molecular complexity index is 1520. The maximum absolute atomic E-state index is 16.1. The zero-order valence-electron chi connectivity index (χ0n) is 19.5. The third-order valence-electron chi connectivity index (χ3n) is 7.10. The van der Waals surface area contributed by atoms with Gasteiger partial charge >= 0.3 is 5.97 Å². The Labute approximate surface area is 199 Å². The molecule has 0 saturated heterocycles. The largest absolute Gasteiger partial charge is 0.494 e. The van der Waals surface area contributed by atoms with Crippen molar-refractivity contribution in [2.75, 3.05) is 7.11 Å². The summed E-state index contributed by atoms with van der Waals surface area (Å²) in [5.74, 6) is -2.56. The highest BCUT2D eigenvalue weighted by Gasteiger charge is 2.42. The molecular formula is C26H24F2N4O3. The first-order valence-electron chi connectivity index (χ1n) is 11.3. The zero-order valence-corrected chi connectivity index (χ0v) is 19.5. The van der Waals surface area contributed by atoms with Crippen LogP contribution in [0.3, 0.4) is 0 Å². The number of hydrogen-bond donors (Lipinski definition) is 2. The van der Waals surface area contributed by atoms with Gasteiger partial charge in [0.15, 0.2) is 17.4 Å². The van der Waals surface area contributed by atoms with Gasteiger partial charge < -0.3 is 14.4 Å². The van der Waals surface area contributed by atoms with E-state index in [0.29, 0.717) is 46.1 Å². The van der Waals surface area contributed by atoms with Crippen LogP contribution in [0.4, 0.5) is 8.78 Å². The Morgan fingerprint density at radius 2 is 2.09 bits per heavy atom. The van der Waals surface area contributed by atoms with E-state index in [2.05, 4.69) is 16.3 Å². The molecule has 7 nitrogen and oxygen atoms in total. The van der Waals surface area contributed by atoms with Crippen molar-refractivity contribution in [1.29, 1.82) is 5.26 Å². The van der Waals surface area contributed by atoms with Crippen molar-refractivity contribution in [3.05, 3.63) is 53.4 Å². The Kier molecular flexibility index (Phi) is 5.28. The average Bonchev–Trinajstić information content (AvgIpc) is 3.37. The summed E-state index contributed by atoms with van der Waals surface area (Å²) in [6.07, 6.45) is 2.42. The van der Waals surface area contributed by atoms with Crippen LogP contribution >= 0.6 is 0 Å². The summed E-state index contributed by atoms with van der Waals surface area (Å²) in [6.45, 7) is 3.81. The Morgan fingerprint density at radius 3 is 2.74 bits per heavy atom. The summed E-state index contributed by atoms with van der Waals surface area (Å²) >= 11 is 0. The van der Waals surface area contributed by atoms with Crippen molar-refractivity contribution in [3.63, 3.8) is 0 Å². The molecule has 2 heterocycles. The van der Waals surface area contributed by atoms with Crippen LogP contribution in [0, 0.1) is 28.9 Å². The van der Waals surface area contributed by atoms with Gasteiger partial charge in [0.05, 0.1) is 30.8 Å². The zero-order chi connectivity index (χ0) is 25.1. The van der Waals surface area contributed by atoms with Crippen LogP contribution in [0.15, 0.2) is 30.5 Å². The Balaban J connectivity index is 1.91. The second kappa shape index (κ2) is 8.08. The lowest BCUT2D eigenvalue weighted by molar-refractivity contribution is -0.145. The number of nitriles is 1. The molecular weight excluding hydrogens is 454 g/mol. The van der Waals surface area contributed by atoms with Gasteiger partial charge in [-0.3, -0.25) is 9.89 Å². The van der Waals surface area contributed by atoms with E-state index in [1.165, 1.54) is 19.4 Å². The third kappa shape index (κ3) is 3.43. The number of carboxylic acids is 1. The predicted molar refractivity (Wildman–Crippen MR) is 126 cm³/mol. The maximum Gasteiger partial charge on any atom is 0.306 e. The molecule has 0 aliphatic heterocycles. The molecule has 2 aromatic heterocycles. The van der Waals surface area contributed by atoms with Crippen molar-refractivity contribution in [3.8, 4) is 17.5 Å². The van der Waals surface area contributed by atoms with E-state index in [-0.39, 0.29) is 23.6 Å². The monoisotopic (exact) mass is 478 g/mol. The minimum atomic E-state index is -0.873. The molecule has 4 aromatic rings. The van der Waals surface area contributed by atoms with Gasteiger partial charge in [-0.1, -0.05) is 13.8 Å². The molecule has 0 radical (unpaired) electrons. The Morgan fingerprint density at radius 1 is 1.34 bits per heavy atom. The minimum absolute atomic E-state index is 0.0365. The third-order valence-corrected chi connectivity index (χ3v) is 7.10. The van der Waals surface area contributed by atoms with E-state index in [0.717, 1.165) is 0 Å². The number of ether oxygens (including phenoxy) is 1. The summed E-state index contributed by atoms with van der Waals surface area (Å²) in [4.78, 5) is 11.6. The number of methoxy groups -OCH3 is 1. The first-order chi connectivity index (χ1) is 16.7. The summed E-state index contributed by atoms with van der Waals surface area (Å²) in [7, 11) is 1.37. The summed E-state index contributed by atoms with van der Waals surface area (Å²) < 4.78 is 37.4. The van der Waals surface area contributed by atoms with Gasteiger partial charge in [0.2, 0.25) is 0 Å². The van der Waals surface area contributed by atoms with Gasteiger partial charge in [-0.25, -0.2) is 8.78 Å². The number of halogens is 2. The van der Waals surface area contributed by atoms with Gasteiger partial charge in [0, 0.05) is 40.1 Å². The van der Waals surface area contributed by atoms with Crippen LogP contribution in [0.25, 0.3) is 27.5 Å². The molecule has 1 saturated carbocycles. The van der Waals surface area contributed by atoms with Gasteiger partial charge in [-0.15, -0.1) is 0 Å². The van der Waals surface area contributed by atoms with Crippen LogP contribution in [0.2, 0.25) is 0 Å². The first-order valence-corrected chi connectivity index (χ1v) is 11.3. The average molecular weight is 478 g/mol. The number of rotatable bonds is 6. The lowest BCUT2D eigenvalue weighted by Gasteiger charge is -2.36. The molecule has 9 heteroatoms. The van der Waals surface area contributed by atoms with Crippen LogP contribution < -0.4 is 4.74 Å². The molecule has 2 aromatic carbocycles. The quantitative estimate of drug-likeness (QED) is 0.377. The molecule has 5 rings (SSSR count). The number of fused-ring (bicyclic) bond motifs is 2. The molecule has 1 aliphatic carbocycles. The molecule has 1 aliphatic rings. The second-order valence-electron chi connectivity index (χ2n) is 9.76. The van der Waals surface area contributed by atoms with E-state index in [9.17, 15) is 19.6 Å². The molecule has 0 spiro atoms. The summed E-state index contributed by atoms with van der Waals surface area (Å²) in [6, 6.07) is 8.47. The smallest absolute Gasteiger partial charge is 0.306 e. The molecule has 35 heavy (non-hydrogen) atoms. The fourth-order valence-electron chi connectivity index (χ4n) is 5.29. The standard InChI is InChI=1S/C26H24F2N4O3/c1-26(2,6-7-29)24-20(13-8-14(9-13)25(33)34)21-18(10-15-12-30-31-23(15)22(21)28)32(24)16-4-5-17(27)19(11-16)35-3/h4-5,10-14H,6,8-9H2,1-3H3,(H,30,31)(H,33,34)/t13-,14-. The topological polar surface area (TPSA) is 104 Å². The van der Waals surface area contributed by atoms with Crippen molar-refractivity contribution in [1.82, 2.24) is 14.8 Å². The Hall–Kier alpha value is -3.93. The number of nitrogens with one attached hydrogen (secondary N) is 1. The number of benzene rings is 2. The molecule has 0 atom stereocenters. The number of carbonyl (C=O) groups is 1. The fraction of sp³-hybridized carbons (Fsp3) is 0.346. The van der Waals surface area contributed by atoms with E-state index < -0.39 is 28.9 Å². The molecule has 2 N–H and O–H groups in total. The lowest BCUT2D eigenvalue weighted by atomic mass is 9.68. The molecule has 0 bridgehead atoms. The maximum atomic E-state index is 16.1. The van der Waals surface area contributed by atoms with Crippen molar-refractivity contribution >= 4 is 27.8 Å². The number of hydrogen-bond acceptors (Lipinski definition) is 4. The van der Waals surface area contributed by atoms with Crippen molar-refractivity contribution < 1.29 is 23.4 Å². The van der Waals surface area contributed by atoms with Crippen molar-refractivity contribution in [2.45, 2.75) is 44.4 Å². The number of nitrogens with zero attached hydrogens (tertiary/aromatic N) is 3. The first kappa shape index (κ1) is 22.8. The number of carboxylic acid groups (broad SMARTS) is 1. The van der Waals surface area contributed by atoms with Gasteiger partial charge in [0.25, 0.3) is 0 Å². The normalized spacial score (nSPS) is 17.9. The molecule has 0 unspecified atom stereocenters. The summed E-state index contributed by atoms with van der Waals surface area (Å²) in [5.41, 5.74) is 2.02. The SMILES string of the molecule is COc1cc(-n2c(C(C)(C)CC#N)c([C@H]3C[C@H](C(=O)O)C3)c3c(F)c4[nH]ncc4cc32)ccc1F. The van der Waals surface area contributed by atoms with Crippen LogP contribution in [-0.2, 0) is 10.2 Å². The van der Waals surface area contributed by atoms with Gasteiger partial charge in [-0.05, 0) is 42.5 Å². The highest BCUT2D eigenvalue weighted by molar-refractivity contribution is 6.00. The molecule has 0 amide bonds.